The average Bonchev–Trinajstić information content (AvgIpc) is 2.62. The van der Waals surface area contributed by atoms with Crippen molar-refractivity contribution in [3.8, 4) is 0 Å². The van der Waals surface area contributed by atoms with Crippen molar-refractivity contribution in [2.75, 3.05) is 0 Å². The minimum Gasteiger partial charge on any atom is -0.219 e. The maximum absolute atomic E-state index is 12.9. The van der Waals surface area contributed by atoms with Crippen molar-refractivity contribution in [1.82, 2.24) is 0 Å². The number of benzene rings is 2. The second-order valence-corrected chi connectivity index (χ2v) is 9.64. The van der Waals surface area contributed by atoms with E-state index in [2.05, 4.69) is 27.0 Å². The van der Waals surface area contributed by atoms with E-state index in [1.807, 2.05) is 38.1 Å². The normalized spacial score (nSPS) is 13.8. The topological polar surface area (TPSA) is 34.1 Å². The molecule has 0 aliphatic rings. The monoisotopic (exact) mass is 382 g/mol. The van der Waals surface area contributed by atoms with E-state index in [1.54, 1.807) is 24.3 Å². The minimum atomic E-state index is -3.50. The van der Waals surface area contributed by atoms with Gasteiger partial charge in [0.15, 0.2) is 0 Å². The quantitative estimate of drug-likeness (QED) is 0.522. The molecule has 0 aromatic heterocycles. The Morgan fingerprint density at radius 2 is 1.04 bits per heavy atom. The molecule has 2 atom stereocenters. The Labute approximate surface area is 164 Å². The van der Waals surface area contributed by atoms with Crippen LogP contribution >= 0.6 is 0 Å². The van der Waals surface area contributed by atoms with Gasteiger partial charge in [0.25, 0.3) is 0 Å². The summed E-state index contributed by atoms with van der Waals surface area (Å²) in [5.41, 5.74) is 4.50. The van der Waals surface area contributed by atoms with Crippen LogP contribution in [0.2, 0.25) is 0 Å². The van der Waals surface area contributed by atoms with Gasteiger partial charge in [-0.05, 0) is 73.9 Å². The first-order valence-electron chi connectivity index (χ1n) is 9.35. The van der Waals surface area contributed by atoms with Gasteiger partial charge >= 0.3 is 0 Å². The van der Waals surface area contributed by atoms with E-state index in [1.165, 1.54) is 0 Å². The van der Waals surface area contributed by atoms with Crippen LogP contribution in [-0.2, 0) is 22.7 Å². The Morgan fingerprint density at radius 1 is 0.741 bits per heavy atom. The summed E-state index contributed by atoms with van der Waals surface area (Å²) < 4.78 is 25.8. The van der Waals surface area contributed by atoms with Crippen LogP contribution in [0.1, 0.15) is 38.8 Å². The van der Waals surface area contributed by atoms with Gasteiger partial charge in [-0.1, -0.05) is 62.4 Å². The highest BCUT2D eigenvalue weighted by atomic mass is 32.2. The molecule has 0 saturated heterocycles. The first kappa shape index (κ1) is 21.2. The number of allylic oxidation sites excluding steroid dienone is 2. The molecule has 3 heteroatoms. The van der Waals surface area contributed by atoms with Gasteiger partial charge in [0.2, 0.25) is 9.84 Å². The van der Waals surface area contributed by atoms with Crippen molar-refractivity contribution in [3.05, 3.63) is 84.0 Å². The summed E-state index contributed by atoms with van der Waals surface area (Å²) in [7, 11) is -3.50. The van der Waals surface area contributed by atoms with Gasteiger partial charge in [-0.3, -0.25) is 0 Å². The Hall–Kier alpha value is -2.13. The first-order valence-corrected chi connectivity index (χ1v) is 10.8. The summed E-state index contributed by atoms with van der Waals surface area (Å²) in [6, 6.07) is 14.4. The Kier molecular flexibility index (Phi) is 6.83. The summed E-state index contributed by atoms with van der Waals surface area (Å²) in [5, 5.41) is 0. The van der Waals surface area contributed by atoms with E-state index in [9.17, 15) is 8.42 Å². The van der Waals surface area contributed by atoms with E-state index in [4.69, 9.17) is 0 Å². The van der Waals surface area contributed by atoms with Crippen molar-refractivity contribution in [2.24, 2.45) is 11.8 Å². The van der Waals surface area contributed by atoms with Gasteiger partial charge in [-0.25, -0.2) is 8.42 Å². The Morgan fingerprint density at radius 3 is 1.30 bits per heavy atom. The summed E-state index contributed by atoms with van der Waals surface area (Å²) in [5.74, 6) is 0.753. The average molecular weight is 383 g/mol. The summed E-state index contributed by atoms with van der Waals surface area (Å²) >= 11 is 0. The summed E-state index contributed by atoms with van der Waals surface area (Å²) in [4.78, 5) is 0.662. The molecule has 27 heavy (non-hydrogen) atoms. The maximum Gasteiger partial charge on any atom is 0.206 e. The predicted octanol–water partition coefficient (Wildman–Crippen LogP) is 6.03. The van der Waals surface area contributed by atoms with Gasteiger partial charge in [0, 0.05) is 0 Å². The lowest BCUT2D eigenvalue weighted by Gasteiger charge is -2.13. The van der Waals surface area contributed by atoms with E-state index in [0.29, 0.717) is 21.6 Å². The third-order valence-corrected chi connectivity index (χ3v) is 7.02. The Bertz CT molecular complexity index is 832. The SMILES string of the molecule is C=C(C)[C@H](C)Cc1ccc(S(=O)(=O)c2ccc(C[C@@H](C)C(=C)C)cc2)cc1. The fraction of sp³-hybridized carbons (Fsp3) is 0.333. The summed E-state index contributed by atoms with van der Waals surface area (Å²) in [6.45, 7) is 16.3. The maximum atomic E-state index is 12.9. The number of hydrogen-bond acceptors (Lipinski definition) is 2. The Balaban J connectivity index is 2.18. The molecular formula is C24H30O2S. The fourth-order valence-corrected chi connectivity index (χ4v) is 4.06. The standard InChI is InChI=1S/C24H30O2S/c1-17(2)19(5)15-21-7-11-23(12-8-21)27(25,26)24-13-9-22(10-14-24)16-20(6)18(3)4/h7-14,19-20H,1,3,15-16H2,2,4-6H3/t19-,20-/m1/s1. The highest BCUT2D eigenvalue weighted by molar-refractivity contribution is 7.91. The zero-order valence-electron chi connectivity index (χ0n) is 16.8. The molecule has 0 saturated carbocycles. The minimum absolute atomic E-state index is 0.331. The van der Waals surface area contributed by atoms with E-state index < -0.39 is 9.84 Å². The number of hydrogen-bond donors (Lipinski definition) is 0. The number of rotatable bonds is 8. The van der Waals surface area contributed by atoms with Crippen molar-refractivity contribution >= 4 is 9.84 Å². The van der Waals surface area contributed by atoms with Crippen LogP contribution in [0.25, 0.3) is 0 Å². The van der Waals surface area contributed by atoms with E-state index in [0.717, 1.165) is 35.1 Å². The van der Waals surface area contributed by atoms with Crippen molar-refractivity contribution in [2.45, 2.75) is 50.3 Å². The van der Waals surface area contributed by atoms with Gasteiger partial charge in [-0.15, -0.1) is 0 Å². The zero-order valence-corrected chi connectivity index (χ0v) is 17.6. The molecule has 0 fully saturated rings. The molecule has 0 heterocycles. The second-order valence-electron chi connectivity index (χ2n) is 7.69. The highest BCUT2D eigenvalue weighted by Gasteiger charge is 2.18. The molecule has 144 valence electrons. The van der Waals surface area contributed by atoms with Crippen LogP contribution in [0.15, 0.2) is 82.6 Å². The smallest absolute Gasteiger partial charge is 0.206 e. The highest BCUT2D eigenvalue weighted by Crippen LogP contribution is 2.24. The number of sulfone groups is 1. The molecule has 0 N–H and O–H groups in total. The molecule has 0 unspecified atom stereocenters. The molecule has 2 aromatic rings. The van der Waals surface area contributed by atoms with E-state index in [-0.39, 0.29) is 0 Å². The molecule has 0 bridgehead atoms. The molecule has 0 spiro atoms. The third kappa shape index (κ3) is 5.43. The molecule has 2 rings (SSSR count). The van der Waals surface area contributed by atoms with E-state index >= 15 is 0 Å². The predicted molar refractivity (Wildman–Crippen MR) is 114 cm³/mol. The molecule has 0 aliphatic heterocycles. The van der Waals surface area contributed by atoms with Gasteiger partial charge in [-0.2, -0.15) is 0 Å². The second kappa shape index (κ2) is 8.71. The van der Waals surface area contributed by atoms with Crippen LogP contribution in [0.3, 0.4) is 0 Å². The third-order valence-electron chi connectivity index (χ3n) is 5.23. The van der Waals surface area contributed by atoms with Crippen molar-refractivity contribution in [1.29, 1.82) is 0 Å². The van der Waals surface area contributed by atoms with Crippen LogP contribution in [0, 0.1) is 11.8 Å². The lowest BCUT2D eigenvalue weighted by molar-refractivity contribution is 0.596. The largest absolute Gasteiger partial charge is 0.219 e. The molecule has 2 nitrogen and oxygen atoms in total. The van der Waals surface area contributed by atoms with Crippen LogP contribution in [0.4, 0.5) is 0 Å². The lowest BCUT2D eigenvalue weighted by atomic mass is 9.96. The van der Waals surface area contributed by atoms with Crippen LogP contribution in [0.5, 0.6) is 0 Å². The molecular weight excluding hydrogens is 352 g/mol. The first-order chi connectivity index (χ1) is 12.6. The van der Waals surface area contributed by atoms with Gasteiger partial charge < -0.3 is 0 Å². The summed E-state index contributed by atoms with van der Waals surface area (Å²) in [6.07, 6.45) is 1.73. The van der Waals surface area contributed by atoms with Gasteiger partial charge in [0.1, 0.15) is 0 Å². The molecule has 0 radical (unpaired) electrons. The van der Waals surface area contributed by atoms with Crippen LogP contribution < -0.4 is 0 Å². The van der Waals surface area contributed by atoms with Crippen molar-refractivity contribution in [3.63, 3.8) is 0 Å². The van der Waals surface area contributed by atoms with Crippen molar-refractivity contribution < 1.29 is 8.42 Å². The molecule has 0 aliphatic carbocycles. The molecule has 0 amide bonds. The van der Waals surface area contributed by atoms with Crippen LogP contribution in [-0.4, -0.2) is 8.42 Å². The fourth-order valence-electron chi connectivity index (χ4n) is 2.80. The molecule has 2 aromatic carbocycles. The zero-order chi connectivity index (χ0) is 20.2. The lowest BCUT2D eigenvalue weighted by Crippen LogP contribution is -2.05. The van der Waals surface area contributed by atoms with Gasteiger partial charge in [0.05, 0.1) is 9.79 Å².